The third-order valence-corrected chi connectivity index (χ3v) is 3.48. The molecule has 1 aromatic carbocycles. The lowest BCUT2D eigenvalue weighted by Crippen LogP contribution is -2.22. The average molecular weight is 307 g/mol. The summed E-state index contributed by atoms with van der Waals surface area (Å²) in [5, 5.41) is 4.04. The first-order chi connectivity index (χ1) is 10.1. The molecule has 21 heavy (non-hydrogen) atoms. The topological polar surface area (TPSA) is 74.8 Å². The summed E-state index contributed by atoms with van der Waals surface area (Å²) >= 11 is 1.18. The van der Waals surface area contributed by atoms with Crippen LogP contribution in [-0.4, -0.2) is 15.9 Å². The standard InChI is InChI=1S/C13H7F2N3O2S/c14-6-3-8(15)10-9(4-6)17-5-7(11(10)19)12(20)18-13-16-1-2-21-13/h1-5H,(H,17,19)(H,16,18,20). The van der Waals surface area contributed by atoms with Crippen molar-refractivity contribution >= 4 is 33.3 Å². The van der Waals surface area contributed by atoms with Gasteiger partial charge in [0.25, 0.3) is 5.91 Å². The van der Waals surface area contributed by atoms with Crippen molar-refractivity contribution in [3.8, 4) is 0 Å². The summed E-state index contributed by atoms with van der Waals surface area (Å²) in [6, 6.07) is 1.59. The smallest absolute Gasteiger partial charge is 0.262 e. The third kappa shape index (κ3) is 2.40. The summed E-state index contributed by atoms with van der Waals surface area (Å²) in [4.78, 5) is 30.6. The third-order valence-electron chi connectivity index (χ3n) is 2.80. The number of benzene rings is 1. The number of carbonyl (C=O) groups excluding carboxylic acids is 1. The molecule has 0 saturated carbocycles. The van der Waals surface area contributed by atoms with Crippen LogP contribution in [0.5, 0.6) is 0 Å². The van der Waals surface area contributed by atoms with Crippen LogP contribution in [0.1, 0.15) is 10.4 Å². The van der Waals surface area contributed by atoms with E-state index in [0.29, 0.717) is 11.2 Å². The second-order valence-electron chi connectivity index (χ2n) is 4.13. The van der Waals surface area contributed by atoms with Gasteiger partial charge >= 0.3 is 0 Å². The molecule has 0 spiro atoms. The molecule has 8 heteroatoms. The molecular formula is C13H7F2N3O2S. The molecule has 106 valence electrons. The van der Waals surface area contributed by atoms with Crippen molar-refractivity contribution in [2.45, 2.75) is 0 Å². The predicted octanol–water partition coefficient (Wildman–Crippen LogP) is 2.52. The SMILES string of the molecule is O=C(Nc1nccs1)c1c[nH]c2cc(F)cc(F)c2c1=O. The molecule has 2 aromatic heterocycles. The van der Waals surface area contributed by atoms with E-state index in [1.807, 2.05) is 0 Å². The van der Waals surface area contributed by atoms with Crippen LogP contribution in [-0.2, 0) is 0 Å². The Morgan fingerprint density at radius 1 is 1.33 bits per heavy atom. The quantitative estimate of drug-likeness (QED) is 0.764. The first-order valence-corrected chi connectivity index (χ1v) is 6.65. The second-order valence-corrected chi connectivity index (χ2v) is 5.03. The van der Waals surface area contributed by atoms with E-state index in [4.69, 9.17) is 0 Å². The molecule has 1 amide bonds. The molecule has 3 rings (SSSR count). The van der Waals surface area contributed by atoms with Crippen LogP contribution in [0.4, 0.5) is 13.9 Å². The van der Waals surface area contributed by atoms with Gasteiger partial charge < -0.3 is 4.98 Å². The van der Waals surface area contributed by atoms with Crippen molar-refractivity contribution in [2.24, 2.45) is 0 Å². The number of aromatic nitrogens is 2. The Morgan fingerprint density at radius 2 is 2.14 bits per heavy atom. The van der Waals surface area contributed by atoms with Crippen molar-refractivity contribution in [1.29, 1.82) is 0 Å². The van der Waals surface area contributed by atoms with Crippen molar-refractivity contribution in [3.05, 3.63) is 57.3 Å². The van der Waals surface area contributed by atoms with Crippen LogP contribution in [0.25, 0.3) is 10.9 Å². The summed E-state index contributed by atoms with van der Waals surface area (Å²) in [5.41, 5.74) is -1.10. The van der Waals surface area contributed by atoms with Crippen molar-refractivity contribution in [3.63, 3.8) is 0 Å². The van der Waals surface area contributed by atoms with Gasteiger partial charge in [-0.25, -0.2) is 13.8 Å². The molecule has 0 atom stereocenters. The predicted molar refractivity (Wildman–Crippen MR) is 74.6 cm³/mol. The van der Waals surface area contributed by atoms with Gasteiger partial charge in [0.05, 0.1) is 10.9 Å². The molecule has 0 aliphatic carbocycles. The number of carbonyl (C=O) groups is 1. The number of anilines is 1. The van der Waals surface area contributed by atoms with Crippen LogP contribution in [0, 0.1) is 11.6 Å². The molecule has 0 unspecified atom stereocenters. The minimum Gasteiger partial charge on any atom is -0.360 e. The highest BCUT2D eigenvalue weighted by molar-refractivity contribution is 7.13. The molecule has 0 bridgehead atoms. The van der Waals surface area contributed by atoms with Gasteiger partial charge in [0.2, 0.25) is 5.43 Å². The summed E-state index contributed by atoms with van der Waals surface area (Å²) in [7, 11) is 0. The number of halogens is 2. The Labute approximate surface area is 120 Å². The molecule has 2 N–H and O–H groups in total. The highest BCUT2D eigenvalue weighted by atomic mass is 32.1. The maximum Gasteiger partial charge on any atom is 0.262 e. The normalized spacial score (nSPS) is 10.8. The van der Waals surface area contributed by atoms with Crippen molar-refractivity contribution < 1.29 is 13.6 Å². The molecule has 0 radical (unpaired) electrons. The summed E-state index contributed by atoms with van der Waals surface area (Å²) in [6.07, 6.45) is 2.61. The van der Waals surface area contributed by atoms with E-state index in [1.165, 1.54) is 17.5 Å². The van der Waals surface area contributed by atoms with E-state index in [2.05, 4.69) is 15.3 Å². The number of rotatable bonds is 2. The highest BCUT2D eigenvalue weighted by Crippen LogP contribution is 2.16. The number of nitrogens with zero attached hydrogens (tertiary/aromatic N) is 1. The maximum atomic E-state index is 13.7. The number of thiazole rings is 1. The first kappa shape index (κ1) is 13.4. The molecule has 2 heterocycles. The second kappa shape index (κ2) is 5.06. The Kier molecular flexibility index (Phi) is 3.22. The van der Waals surface area contributed by atoms with Gasteiger partial charge in [0, 0.05) is 23.8 Å². The van der Waals surface area contributed by atoms with E-state index in [1.54, 1.807) is 5.38 Å². The zero-order valence-corrected chi connectivity index (χ0v) is 11.1. The number of nitrogens with one attached hydrogen (secondary N) is 2. The lowest BCUT2D eigenvalue weighted by Gasteiger charge is -2.04. The van der Waals surface area contributed by atoms with Crippen LogP contribution < -0.4 is 10.7 Å². The van der Waals surface area contributed by atoms with Gasteiger partial charge in [-0.05, 0) is 6.07 Å². The monoisotopic (exact) mass is 307 g/mol. The van der Waals surface area contributed by atoms with E-state index >= 15 is 0 Å². The lowest BCUT2D eigenvalue weighted by molar-refractivity contribution is 0.102. The van der Waals surface area contributed by atoms with E-state index < -0.39 is 23.0 Å². The Morgan fingerprint density at radius 3 is 2.86 bits per heavy atom. The summed E-state index contributed by atoms with van der Waals surface area (Å²) in [5.74, 6) is -2.54. The number of hydrogen-bond acceptors (Lipinski definition) is 4. The van der Waals surface area contributed by atoms with Gasteiger partial charge in [-0.3, -0.25) is 14.9 Å². The molecule has 3 aromatic rings. The van der Waals surface area contributed by atoms with Gasteiger partial charge in [0.1, 0.15) is 17.2 Å². The summed E-state index contributed by atoms with van der Waals surface area (Å²) < 4.78 is 26.8. The Hall–Kier alpha value is -2.61. The fourth-order valence-corrected chi connectivity index (χ4v) is 2.41. The highest BCUT2D eigenvalue weighted by Gasteiger charge is 2.17. The maximum absolute atomic E-state index is 13.7. The van der Waals surface area contributed by atoms with Gasteiger partial charge in [0.15, 0.2) is 5.13 Å². The van der Waals surface area contributed by atoms with Gasteiger partial charge in [-0.1, -0.05) is 0 Å². The van der Waals surface area contributed by atoms with Crippen LogP contribution in [0.3, 0.4) is 0 Å². The van der Waals surface area contributed by atoms with Gasteiger partial charge in [-0.15, -0.1) is 11.3 Å². The molecule has 0 saturated heterocycles. The summed E-state index contributed by atoms with van der Waals surface area (Å²) in [6.45, 7) is 0. The lowest BCUT2D eigenvalue weighted by atomic mass is 10.1. The zero-order chi connectivity index (χ0) is 15.0. The zero-order valence-electron chi connectivity index (χ0n) is 10.3. The van der Waals surface area contributed by atoms with E-state index in [9.17, 15) is 18.4 Å². The molecule has 0 fully saturated rings. The molecule has 0 aliphatic heterocycles. The number of aromatic amines is 1. The van der Waals surface area contributed by atoms with E-state index in [-0.39, 0.29) is 16.5 Å². The molecular weight excluding hydrogens is 300 g/mol. The van der Waals surface area contributed by atoms with Crippen molar-refractivity contribution in [1.82, 2.24) is 9.97 Å². The van der Waals surface area contributed by atoms with Crippen LogP contribution in [0.2, 0.25) is 0 Å². The molecule has 0 aliphatic rings. The molecule has 5 nitrogen and oxygen atoms in total. The number of H-pyrrole nitrogens is 1. The van der Waals surface area contributed by atoms with E-state index in [0.717, 1.165) is 12.3 Å². The number of hydrogen-bond donors (Lipinski definition) is 2. The number of fused-ring (bicyclic) bond motifs is 1. The van der Waals surface area contributed by atoms with Crippen LogP contribution >= 0.6 is 11.3 Å². The fraction of sp³-hybridized carbons (Fsp3) is 0. The number of pyridine rings is 1. The average Bonchev–Trinajstić information content (AvgIpc) is 2.90. The number of amides is 1. The largest absolute Gasteiger partial charge is 0.360 e. The van der Waals surface area contributed by atoms with Gasteiger partial charge in [-0.2, -0.15) is 0 Å². The Balaban J connectivity index is 2.10. The fourth-order valence-electron chi connectivity index (χ4n) is 1.89. The Bertz CT molecular complexity index is 890. The van der Waals surface area contributed by atoms with Crippen LogP contribution in [0.15, 0.2) is 34.7 Å². The minimum absolute atomic E-state index is 0.0108. The van der Waals surface area contributed by atoms with Crippen molar-refractivity contribution in [2.75, 3.05) is 5.32 Å². The minimum atomic E-state index is -1.02. The first-order valence-electron chi connectivity index (χ1n) is 5.77.